The van der Waals surface area contributed by atoms with Crippen molar-refractivity contribution in [3.63, 3.8) is 0 Å². The predicted molar refractivity (Wildman–Crippen MR) is 92.5 cm³/mol. The zero-order valence-electron chi connectivity index (χ0n) is 15.0. The molecular formula is C18H20F3N3O2. The molecule has 0 aliphatic heterocycles. The maximum atomic E-state index is 12.6. The minimum atomic E-state index is -4.45. The van der Waals surface area contributed by atoms with E-state index in [0.29, 0.717) is 5.56 Å². The largest absolute Gasteiger partial charge is 0.418 e. The summed E-state index contributed by atoms with van der Waals surface area (Å²) in [4.78, 5) is 20.5. The lowest BCUT2D eigenvalue weighted by Crippen LogP contribution is -2.04. The summed E-state index contributed by atoms with van der Waals surface area (Å²) in [5, 5.41) is 0. The van der Waals surface area contributed by atoms with Crippen molar-refractivity contribution in [2.45, 2.75) is 40.3 Å². The molecule has 0 spiro atoms. The quantitative estimate of drug-likeness (QED) is 0.551. The molecule has 0 radical (unpaired) electrons. The van der Waals surface area contributed by atoms with Crippen LogP contribution in [0.15, 0.2) is 35.1 Å². The molecule has 0 amide bonds. The number of hydrogen-bond acceptors (Lipinski definition) is 5. The SMILES string of the molecule is CC=O.CCC.Cc1cnccc1-c1nc2cc(C(F)(F)F)cnc2o1. The summed E-state index contributed by atoms with van der Waals surface area (Å²) in [5.41, 5.74) is 0.785. The van der Waals surface area contributed by atoms with Gasteiger partial charge in [-0.1, -0.05) is 20.3 Å². The van der Waals surface area contributed by atoms with Gasteiger partial charge in [-0.25, -0.2) is 9.97 Å². The van der Waals surface area contributed by atoms with Crippen molar-refractivity contribution in [1.82, 2.24) is 15.0 Å². The second kappa shape index (κ2) is 9.65. The molecule has 0 aromatic carbocycles. The van der Waals surface area contributed by atoms with Crippen LogP contribution in [-0.2, 0) is 11.0 Å². The molecule has 140 valence electrons. The Morgan fingerprint density at radius 3 is 2.38 bits per heavy atom. The van der Waals surface area contributed by atoms with Gasteiger partial charge in [-0.3, -0.25) is 4.98 Å². The van der Waals surface area contributed by atoms with Crippen molar-refractivity contribution in [3.05, 3.63) is 41.9 Å². The number of halogens is 3. The number of aldehydes is 1. The number of fused-ring (bicyclic) bond motifs is 1. The molecule has 3 aromatic rings. The summed E-state index contributed by atoms with van der Waals surface area (Å²) in [7, 11) is 0. The third-order valence-corrected chi connectivity index (χ3v) is 2.83. The van der Waals surface area contributed by atoms with Gasteiger partial charge in [0, 0.05) is 24.2 Å². The standard InChI is InChI=1S/C13H8F3N3O.C3H8.C2H4O/c1-7-5-17-3-2-9(7)11-19-10-4-8(13(14,15)16)6-18-12(10)20-11;1-3-2;1-2-3/h2-6H,1H3;3H2,1-2H3;2H,1H3. The fourth-order valence-corrected chi connectivity index (χ4v) is 1.81. The number of carbonyl (C=O) groups excluding carboxylic acids is 1. The first-order chi connectivity index (χ1) is 12.3. The molecule has 8 heteroatoms. The Labute approximate surface area is 149 Å². The van der Waals surface area contributed by atoms with Gasteiger partial charge in [0.15, 0.2) is 0 Å². The molecular weight excluding hydrogens is 347 g/mol. The van der Waals surface area contributed by atoms with Gasteiger partial charge >= 0.3 is 6.18 Å². The van der Waals surface area contributed by atoms with Gasteiger partial charge < -0.3 is 9.21 Å². The van der Waals surface area contributed by atoms with Crippen molar-refractivity contribution < 1.29 is 22.4 Å². The van der Waals surface area contributed by atoms with Crippen LogP contribution in [0.2, 0.25) is 0 Å². The Hall–Kier alpha value is -2.77. The van der Waals surface area contributed by atoms with Gasteiger partial charge in [-0.05, 0) is 31.5 Å². The summed E-state index contributed by atoms with van der Waals surface area (Å²) >= 11 is 0. The van der Waals surface area contributed by atoms with Gasteiger partial charge in [0.05, 0.1) is 5.56 Å². The first-order valence-corrected chi connectivity index (χ1v) is 7.92. The molecule has 0 N–H and O–H groups in total. The Kier molecular flexibility index (Phi) is 7.89. The molecule has 3 rings (SSSR count). The van der Waals surface area contributed by atoms with Crippen LogP contribution in [0.4, 0.5) is 13.2 Å². The van der Waals surface area contributed by atoms with E-state index in [1.165, 1.54) is 13.3 Å². The molecule has 3 aromatic heterocycles. The monoisotopic (exact) mass is 367 g/mol. The lowest BCUT2D eigenvalue weighted by atomic mass is 10.1. The van der Waals surface area contributed by atoms with E-state index in [0.717, 1.165) is 24.1 Å². The molecule has 5 nitrogen and oxygen atoms in total. The highest BCUT2D eigenvalue weighted by Gasteiger charge is 2.31. The summed E-state index contributed by atoms with van der Waals surface area (Å²) < 4.78 is 43.2. The fourth-order valence-electron chi connectivity index (χ4n) is 1.81. The number of nitrogens with zero attached hydrogens (tertiary/aromatic N) is 3. The van der Waals surface area contributed by atoms with Gasteiger partial charge in [0.1, 0.15) is 11.8 Å². The zero-order chi connectivity index (χ0) is 19.7. The molecule has 0 bridgehead atoms. The van der Waals surface area contributed by atoms with E-state index >= 15 is 0 Å². The van der Waals surface area contributed by atoms with Crippen LogP contribution < -0.4 is 0 Å². The molecule has 0 atom stereocenters. The van der Waals surface area contributed by atoms with Gasteiger partial charge in [-0.2, -0.15) is 13.2 Å². The van der Waals surface area contributed by atoms with Gasteiger partial charge in [-0.15, -0.1) is 0 Å². The maximum Gasteiger partial charge on any atom is 0.417 e. The molecule has 26 heavy (non-hydrogen) atoms. The highest BCUT2D eigenvalue weighted by Crippen LogP contribution is 2.32. The number of hydrogen-bond donors (Lipinski definition) is 0. The third-order valence-electron chi connectivity index (χ3n) is 2.83. The second-order valence-corrected chi connectivity index (χ2v) is 5.20. The first kappa shape index (κ1) is 21.3. The molecule has 0 aliphatic rings. The first-order valence-electron chi connectivity index (χ1n) is 7.92. The minimum absolute atomic E-state index is 0.0733. The molecule has 0 aliphatic carbocycles. The summed E-state index contributed by atoms with van der Waals surface area (Å²) in [6.07, 6.45) is 1.47. The molecule has 0 saturated heterocycles. The van der Waals surface area contributed by atoms with Crippen LogP contribution in [0, 0.1) is 6.92 Å². The van der Waals surface area contributed by atoms with Crippen LogP contribution in [0.5, 0.6) is 0 Å². The number of rotatable bonds is 1. The highest BCUT2D eigenvalue weighted by molar-refractivity contribution is 5.73. The molecule has 0 saturated carbocycles. The number of aromatic nitrogens is 3. The van der Waals surface area contributed by atoms with E-state index in [-0.39, 0.29) is 17.1 Å². The second-order valence-electron chi connectivity index (χ2n) is 5.20. The smallest absolute Gasteiger partial charge is 0.417 e. The fraction of sp³-hybridized carbons (Fsp3) is 0.333. The van der Waals surface area contributed by atoms with Crippen LogP contribution in [0.25, 0.3) is 22.7 Å². The number of oxazole rings is 1. The molecule has 0 unspecified atom stereocenters. The average Bonchev–Trinajstić information content (AvgIpc) is 2.99. The lowest BCUT2D eigenvalue weighted by Gasteiger charge is -2.03. The van der Waals surface area contributed by atoms with Crippen LogP contribution in [-0.4, -0.2) is 21.2 Å². The van der Waals surface area contributed by atoms with E-state index in [9.17, 15) is 13.2 Å². The van der Waals surface area contributed by atoms with E-state index in [2.05, 4.69) is 28.8 Å². The number of aryl methyl sites for hydroxylation is 1. The van der Waals surface area contributed by atoms with Crippen molar-refractivity contribution >= 4 is 17.5 Å². The van der Waals surface area contributed by atoms with Gasteiger partial charge in [0.25, 0.3) is 0 Å². The van der Waals surface area contributed by atoms with E-state index in [1.807, 2.05) is 6.92 Å². The lowest BCUT2D eigenvalue weighted by molar-refractivity contribution is -0.137. The van der Waals surface area contributed by atoms with E-state index in [4.69, 9.17) is 9.21 Å². The van der Waals surface area contributed by atoms with Gasteiger partial charge in [0.2, 0.25) is 11.6 Å². The van der Waals surface area contributed by atoms with Crippen molar-refractivity contribution in [1.29, 1.82) is 0 Å². The number of pyridine rings is 2. The summed E-state index contributed by atoms with van der Waals surface area (Å²) in [6.45, 7) is 7.51. The predicted octanol–water partition coefficient (Wildman–Crippen LogP) is 5.23. The minimum Gasteiger partial charge on any atom is -0.418 e. The zero-order valence-corrected chi connectivity index (χ0v) is 15.0. The van der Waals surface area contributed by atoms with E-state index < -0.39 is 11.7 Å². The molecule has 3 heterocycles. The van der Waals surface area contributed by atoms with Crippen LogP contribution in [0.3, 0.4) is 0 Å². The normalized spacial score (nSPS) is 10.4. The number of alkyl halides is 3. The Morgan fingerprint density at radius 2 is 1.85 bits per heavy atom. The topological polar surface area (TPSA) is 68.9 Å². The number of carbonyl (C=O) groups is 1. The van der Waals surface area contributed by atoms with E-state index in [1.54, 1.807) is 18.5 Å². The average molecular weight is 367 g/mol. The Balaban J connectivity index is 0.000000499. The van der Waals surface area contributed by atoms with Crippen molar-refractivity contribution in [2.75, 3.05) is 0 Å². The molecule has 0 fully saturated rings. The highest BCUT2D eigenvalue weighted by atomic mass is 19.4. The Morgan fingerprint density at radius 1 is 1.23 bits per heavy atom. The summed E-state index contributed by atoms with van der Waals surface area (Å²) in [5.74, 6) is 0.228. The van der Waals surface area contributed by atoms with Crippen LogP contribution in [0.1, 0.15) is 38.3 Å². The third kappa shape index (κ3) is 5.65. The summed E-state index contributed by atoms with van der Waals surface area (Å²) in [6, 6.07) is 2.61. The van der Waals surface area contributed by atoms with Crippen molar-refractivity contribution in [2.24, 2.45) is 0 Å². The van der Waals surface area contributed by atoms with Crippen molar-refractivity contribution in [3.8, 4) is 11.5 Å². The maximum absolute atomic E-state index is 12.6. The Bertz CT molecular complexity index is 845. The van der Waals surface area contributed by atoms with Crippen LogP contribution >= 0.6 is 0 Å².